The lowest BCUT2D eigenvalue weighted by molar-refractivity contribution is -0.385. The maximum atomic E-state index is 12.7. The van der Waals surface area contributed by atoms with E-state index in [9.17, 15) is 14.9 Å². The predicted molar refractivity (Wildman–Crippen MR) is 134 cm³/mol. The Kier molecular flexibility index (Phi) is 7.25. The van der Waals surface area contributed by atoms with Crippen LogP contribution in [0.3, 0.4) is 0 Å². The molecule has 7 heteroatoms. The molecule has 0 saturated carbocycles. The van der Waals surface area contributed by atoms with Crippen molar-refractivity contribution in [2.45, 2.75) is 11.8 Å². The van der Waals surface area contributed by atoms with E-state index >= 15 is 0 Å². The van der Waals surface area contributed by atoms with E-state index in [4.69, 9.17) is 9.46 Å². The summed E-state index contributed by atoms with van der Waals surface area (Å²) < 4.78 is 10.1. The minimum Gasteiger partial charge on any atom is -0.462 e. The summed E-state index contributed by atoms with van der Waals surface area (Å²) in [6.07, 6.45) is 0. The molecule has 0 N–H and O–H groups in total. The Balaban J connectivity index is 1.86. The number of benzene rings is 4. The van der Waals surface area contributed by atoms with Crippen LogP contribution in [-0.4, -0.2) is 17.5 Å². The number of nitro benzene ring substituents is 1. The molecule has 0 aromatic heterocycles. The molecule has 0 bridgehead atoms. The van der Waals surface area contributed by atoms with E-state index in [2.05, 4.69) is 0 Å². The van der Waals surface area contributed by atoms with Crippen molar-refractivity contribution >= 4 is 29.3 Å². The van der Waals surface area contributed by atoms with Crippen molar-refractivity contribution in [3.8, 4) is 22.3 Å². The van der Waals surface area contributed by atoms with Gasteiger partial charge in [-0.25, -0.2) is 9.52 Å². The Bertz CT molecular complexity index is 1250. The lowest BCUT2D eigenvalue weighted by atomic mass is 9.93. The average Bonchev–Trinajstić information content (AvgIpc) is 2.88. The first kappa shape index (κ1) is 23.1. The topological polar surface area (TPSA) is 83.5 Å². The highest BCUT2D eigenvalue weighted by molar-refractivity contribution is 7.97. The summed E-state index contributed by atoms with van der Waals surface area (Å²) in [5.41, 5.74) is 4.42. The van der Waals surface area contributed by atoms with Crippen molar-refractivity contribution in [3.05, 3.63) is 113 Å². The molecule has 169 valence electrons. The van der Waals surface area contributed by atoms with Crippen molar-refractivity contribution < 1.29 is 14.5 Å². The first-order valence-electron chi connectivity index (χ1n) is 10.7. The Morgan fingerprint density at radius 3 is 2.00 bits per heavy atom. The third-order valence-electron chi connectivity index (χ3n) is 5.06. The smallest absolute Gasteiger partial charge is 0.338 e. The normalized spacial score (nSPS) is 10.5. The van der Waals surface area contributed by atoms with Crippen LogP contribution in [0.1, 0.15) is 17.3 Å². The van der Waals surface area contributed by atoms with Crippen LogP contribution < -0.4 is 4.72 Å². The SMILES string of the molecule is CCOC(=O)c1cc(-c2ccccc2)c([N]Sc2cccc([N+](=O)[O-])c2)c(-c2ccccc2)c1. The maximum absolute atomic E-state index is 12.7. The van der Waals surface area contributed by atoms with Gasteiger partial charge in [0, 0.05) is 40.1 Å². The van der Waals surface area contributed by atoms with Gasteiger partial charge in [0.15, 0.2) is 0 Å². The van der Waals surface area contributed by atoms with Gasteiger partial charge >= 0.3 is 5.97 Å². The molecule has 0 unspecified atom stereocenters. The molecule has 0 aliphatic rings. The first-order chi connectivity index (χ1) is 16.6. The number of nitro groups is 1. The minimum atomic E-state index is -0.428. The fourth-order valence-corrected chi connectivity index (χ4v) is 4.20. The van der Waals surface area contributed by atoms with Gasteiger partial charge in [0.25, 0.3) is 5.69 Å². The number of esters is 1. The van der Waals surface area contributed by atoms with Gasteiger partial charge in [0.2, 0.25) is 0 Å². The monoisotopic (exact) mass is 469 g/mol. The Hall–Kier alpha value is -4.10. The van der Waals surface area contributed by atoms with Gasteiger partial charge in [-0.2, -0.15) is 0 Å². The standard InChI is InChI=1S/C27H21N2O4S/c1-2-33-27(30)21-16-24(19-10-5-3-6-11-19)26(25(17-21)20-12-7-4-8-13-20)28-34-23-15-9-14-22(18-23)29(31)32/h3-18H,2H2,1H3. The van der Waals surface area contributed by atoms with Crippen LogP contribution in [0.15, 0.2) is 102 Å². The second-order valence-corrected chi connectivity index (χ2v) is 8.15. The van der Waals surface area contributed by atoms with E-state index < -0.39 is 10.9 Å². The largest absolute Gasteiger partial charge is 0.462 e. The molecule has 1 radical (unpaired) electrons. The van der Waals surface area contributed by atoms with E-state index in [1.54, 1.807) is 31.2 Å². The highest BCUT2D eigenvalue weighted by Crippen LogP contribution is 2.41. The second kappa shape index (κ2) is 10.7. The Morgan fingerprint density at radius 2 is 1.47 bits per heavy atom. The molecule has 0 spiro atoms. The van der Waals surface area contributed by atoms with Crippen LogP contribution in [0.2, 0.25) is 0 Å². The summed E-state index contributed by atoms with van der Waals surface area (Å²) in [6.45, 7) is 2.04. The van der Waals surface area contributed by atoms with Crippen molar-refractivity contribution in [3.63, 3.8) is 0 Å². The summed E-state index contributed by atoms with van der Waals surface area (Å²) in [6, 6.07) is 29.3. The van der Waals surface area contributed by atoms with Crippen LogP contribution in [0.4, 0.5) is 11.4 Å². The fourth-order valence-electron chi connectivity index (χ4n) is 3.49. The zero-order valence-electron chi connectivity index (χ0n) is 18.4. The minimum absolute atomic E-state index is 0.00410. The predicted octanol–water partition coefficient (Wildman–Crippen LogP) is 7.05. The number of hydrogen-bond acceptors (Lipinski definition) is 5. The summed E-state index contributed by atoms with van der Waals surface area (Å²) in [4.78, 5) is 24.1. The van der Waals surface area contributed by atoms with Gasteiger partial charge in [-0.3, -0.25) is 10.1 Å². The summed E-state index contributed by atoms with van der Waals surface area (Å²) in [5, 5.41) is 11.2. The quantitative estimate of drug-likeness (QED) is 0.119. The molecule has 0 heterocycles. The zero-order chi connectivity index (χ0) is 23.9. The Labute approximate surface area is 201 Å². The third-order valence-corrected chi connectivity index (χ3v) is 5.80. The molecule has 4 rings (SSSR count). The maximum Gasteiger partial charge on any atom is 0.338 e. The fraction of sp³-hybridized carbons (Fsp3) is 0.0741. The lowest BCUT2D eigenvalue weighted by Gasteiger charge is -2.17. The number of hydrogen-bond donors (Lipinski definition) is 0. The number of nitrogens with zero attached hydrogens (tertiary/aromatic N) is 2. The van der Waals surface area contributed by atoms with Crippen molar-refractivity contribution in [2.75, 3.05) is 6.61 Å². The van der Waals surface area contributed by atoms with Gasteiger partial charge in [-0.15, -0.1) is 0 Å². The first-order valence-corrected chi connectivity index (χ1v) is 11.4. The van der Waals surface area contributed by atoms with Crippen LogP contribution in [-0.2, 0) is 4.74 Å². The summed E-state index contributed by atoms with van der Waals surface area (Å²) >= 11 is 1.15. The number of rotatable bonds is 8. The highest BCUT2D eigenvalue weighted by atomic mass is 32.2. The zero-order valence-corrected chi connectivity index (χ0v) is 19.2. The molecule has 0 amide bonds. The molecule has 4 aromatic carbocycles. The summed E-state index contributed by atoms with van der Waals surface area (Å²) in [5.74, 6) is -0.408. The van der Waals surface area contributed by atoms with Crippen molar-refractivity contribution in [1.82, 2.24) is 4.72 Å². The van der Waals surface area contributed by atoms with Gasteiger partial charge in [0.1, 0.15) is 0 Å². The average molecular weight is 470 g/mol. The van der Waals surface area contributed by atoms with Gasteiger partial charge in [0.05, 0.1) is 22.8 Å². The van der Waals surface area contributed by atoms with Gasteiger partial charge in [-0.05, 0) is 36.2 Å². The van der Waals surface area contributed by atoms with Crippen LogP contribution in [0.5, 0.6) is 0 Å². The molecule has 6 nitrogen and oxygen atoms in total. The van der Waals surface area contributed by atoms with Gasteiger partial charge in [-0.1, -0.05) is 66.7 Å². The Morgan fingerprint density at radius 1 is 0.882 bits per heavy atom. The van der Waals surface area contributed by atoms with E-state index in [-0.39, 0.29) is 12.3 Å². The van der Waals surface area contributed by atoms with Crippen molar-refractivity contribution in [1.29, 1.82) is 0 Å². The molecular weight excluding hydrogens is 448 g/mol. The molecule has 0 atom stereocenters. The van der Waals surface area contributed by atoms with Crippen molar-refractivity contribution in [2.24, 2.45) is 0 Å². The molecular formula is C27H21N2O4S. The number of carbonyl (C=O) groups is 1. The number of ether oxygens (including phenoxy) is 1. The lowest BCUT2D eigenvalue weighted by Crippen LogP contribution is -2.06. The second-order valence-electron chi connectivity index (χ2n) is 7.31. The van der Waals surface area contributed by atoms with E-state index in [1.807, 2.05) is 60.7 Å². The van der Waals surface area contributed by atoms with E-state index in [0.717, 1.165) is 34.2 Å². The molecule has 0 aliphatic heterocycles. The van der Waals surface area contributed by atoms with E-state index in [1.165, 1.54) is 12.1 Å². The highest BCUT2D eigenvalue weighted by Gasteiger charge is 2.20. The molecule has 0 aliphatic carbocycles. The van der Waals surface area contributed by atoms with Crippen LogP contribution >= 0.6 is 11.9 Å². The number of non-ortho nitro benzene ring substituents is 1. The molecule has 0 fully saturated rings. The van der Waals surface area contributed by atoms with Gasteiger partial charge < -0.3 is 4.74 Å². The molecule has 0 saturated heterocycles. The van der Waals surface area contributed by atoms with E-state index in [0.29, 0.717) is 16.1 Å². The van der Waals surface area contributed by atoms with Crippen LogP contribution in [0, 0.1) is 10.1 Å². The van der Waals surface area contributed by atoms with Crippen LogP contribution in [0.25, 0.3) is 22.3 Å². The summed E-state index contributed by atoms with van der Waals surface area (Å²) in [7, 11) is 0. The molecule has 4 aromatic rings. The molecule has 34 heavy (non-hydrogen) atoms. The third kappa shape index (κ3) is 5.27. The number of carbonyl (C=O) groups excluding carboxylic acids is 1.